The molecule has 0 saturated carbocycles. The molecular formula is C17H24N2O4. The lowest BCUT2D eigenvalue weighted by Gasteiger charge is -2.17. The molecule has 23 heavy (non-hydrogen) atoms. The van der Waals surface area contributed by atoms with E-state index < -0.39 is 0 Å². The van der Waals surface area contributed by atoms with E-state index >= 15 is 0 Å². The molecule has 1 N–H and O–H groups in total. The highest BCUT2D eigenvalue weighted by atomic mass is 16.5. The second-order valence-electron chi connectivity index (χ2n) is 5.51. The molecular weight excluding hydrogens is 296 g/mol. The standard InChI is InChI=1S/C17H24N2O4/c1-3-23-15-8-5-4-7-14(15)18-17(21)13-11-16(20)19(12-13)9-6-10-22-2/h4-5,7-8,13H,3,6,9-12H2,1-2H3,(H,18,21). The average Bonchev–Trinajstić information content (AvgIpc) is 2.91. The molecule has 1 aromatic rings. The van der Waals surface area contributed by atoms with Crippen LogP contribution < -0.4 is 10.1 Å². The fourth-order valence-electron chi connectivity index (χ4n) is 2.65. The maximum Gasteiger partial charge on any atom is 0.229 e. The van der Waals surface area contributed by atoms with Gasteiger partial charge in [-0.1, -0.05) is 12.1 Å². The number of methoxy groups -OCH3 is 1. The number of hydrogen-bond acceptors (Lipinski definition) is 4. The Labute approximate surface area is 136 Å². The van der Waals surface area contributed by atoms with Crippen LogP contribution in [-0.4, -0.2) is 50.1 Å². The highest BCUT2D eigenvalue weighted by Gasteiger charge is 2.34. The Kier molecular flexibility index (Phi) is 6.40. The van der Waals surface area contributed by atoms with Crippen molar-refractivity contribution in [3.8, 4) is 5.75 Å². The molecule has 1 fully saturated rings. The zero-order valence-corrected chi connectivity index (χ0v) is 13.7. The molecule has 126 valence electrons. The molecule has 0 spiro atoms. The topological polar surface area (TPSA) is 67.9 Å². The summed E-state index contributed by atoms with van der Waals surface area (Å²) in [6.45, 7) is 4.13. The van der Waals surface area contributed by atoms with Gasteiger partial charge in [-0.05, 0) is 25.5 Å². The van der Waals surface area contributed by atoms with Gasteiger partial charge in [0.15, 0.2) is 0 Å². The van der Waals surface area contributed by atoms with E-state index in [0.717, 1.165) is 6.42 Å². The molecule has 1 aliphatic rings. The van der Waals surface area contributed by atoms with E-state index in [9.17, 15) is 9.59 Å². The van der Waals surface area contributed by atoms with Crippen molar-refractivity contribution in [3.63, 3.8) is 0 Å². The number of anilines is 1. The largest absolute Gasteiger partial charge is 0.492 e. The number of hydrogen-bond donors (Lipinski definition) is 1. The molecule has 1 heterocycles. The van der Waals surface area contributed by atoms with Gasteiger partial charge in [-0.25, -0.2) is 0 Å². The highest BCUT2D eigenvalue weighted by molar-refractivity contribution is 5.98. The van der Waals surface area contributed by atoms with Crippen molar-refractivity contribution in [2.24, 2.45) is 5.92 Å². The first-order valence-electron chi connectivity index (χ1n) is 7.95. The van der Waals surface area contributed by atoms with E-state index in [1.54, 1.807) is 18.1 Å². The molecule has 0 aromatic heterocycles. The van der Waals surface area contributed by atoms with Gasteiger partial charge in [0.1, 0.15) is 5.75 Å². The van der Waals surface area contributed by atoms with Crippen molar-refractivity contribution in [2.45, 2.75) is 19.8 Å². The van der Waals surface area contributed by atoms with Gasteiger partial charge in [0.05, 0.1) is 18.2 Å². The van der Waals surface area contributed by atoms with Gasteiger partial charge >= 0.3 is 0 Å². The molecule has 0 bridgehead atoms. The summed E-state index contributed by atoms with van der Waals surface area (Å²) >= 11 is 0. The second-order valence-corrected chi connectivity index (χ2v) is 5.51. The summed E-state index contributed by atoms with van der Waals surface area (Å²) < 4.78 is 10.5. The number of benzene rings is 1. The van der Waals surface area contributed by atoms with Crippen LogP contribution in [0.15, 0.2) is 24.3 Å². The summed E-state index contributed by atoms with van der Waals surface area (Å²) in [5.74, 6) is 0.212. The molecule has 6 heteroatoms. The number of carbonyl (C=O) groups excluding carboxylic acids is 2. The number of rotatable bonds is 8. The van der Waals surface area contributed by atoms with Gasteiger partial charge in [-0.2, -0.15) is 0 Å². The van der Waals surface area contributed by atoms with Crippen molar-refractivity contribution in [1.82, 2.24) is 4.90 Å². The smallest absolute Gasteiger partial charge is 0.229 e. The van der Waals surface area contributed by atoms with Crippen molar-refractivity contribution in [2.75, 3.05) is 38.7 Å². The Bertz CT molecular complexity index is 547. The van der Waals surface area contributed by atoms with Gasteiger partial charge < -0.3 is 19.7 Å². The molecule has 2 rings (SSSR count). The lowest BCUT2D eigenvalue weighted by Crippen LogP contribution is -2.29. The number of likely N-dealkylation sites (tertiary alicyclic amines) is 1. The Morgan fingerprint density at radius 2 is 2.17 bits per heavy atom. The monoisotopic (exact) mass is 320 g/mol. The van der Waals surface area contributed by atoms with Gasteiger partial charge in [-0.15, -0.1) is 0 Å². The average molecular weight is 320 g/mol. The molecule has 6 nitrogen and oxygen atoms in total. The Hall–Kier alpha value is -2.08. The third kappa shape index (κ3) is 4.69. The molecule has 1 atom stereocenters. The first-order valence-corrected chi connectivity index (χ1v) is 7.95. The van der Waals surface area contributed by atoms with Crippen LogP contribution in [0.5, 0.6) is 5.75 Å². The fraction of sp³-hybridized carbons (Fsp3) is 0.529. The number of nitrogens with zero attached hydrogens (tertiary/aromatic N) is 1. The minimum atomic E-state index is -0.320. The quantitative estimate of drug-likeness (QED) is 0.743. The normalized spacial score (nSPS) is 17.4. The maximum absolute atomic E-state index is 12.4. The number of amides is 2. The minimum Gasteiger partial charge on any atom is -0.492 e. The Morgan fingerprint density at radius 1 is 1.39 bits per heavy atom. The molecule has 1 saturated heterocycles. The summed E-state index contributed by atoms with van der Waals surface area (Å²) in [4.78, 5) is 26.1. The minimum absolute atomic E-state index is 0.0272. The fourth-order valence-corrected chi connectivity index (χ4v) is 2.65. The Balaban J connectivity index is 1.93. The predicted molar refractivity (Wildman–Crippen MR) is 87.4 cm³/mol. The van der Waals surface area contributed by atoms with Crippen molar-refractivity contribution < 1.29 is 19.1 Å². The van der Waals surface area contributed by atoms with Crippen LogP contribution in [0.1, 0.15) is 19.8 Å². The van der Waals surface area contributed by atoms with E-state index in [0.29, 0.717) is 37.7 Å². The van der Waals surface area contributed by atoms with Gasteiger partial charge in [0.25, 0.3) is 0 Å². The van der Waals surface area contributed by atoms with E-state index in [4.69, 9.17) is 9.47 Å². The SMILES string of the molecule is CCOc1ccccc1NC(=O)C1CC(=O)N(CCCOC)C1. The Morgan fingerprint density at radius 3 is 2.91 bits per heavy atom. The van der Waals surface area contributed by atoms with E-state index in [1.807, 2.05) is 25.1 Å². The van der Waals surface area contributed by atoms with Crippen molar-refractivity contribution in [3.05, 3.63) is 24.3 Å². The first kappa shape index (κ1) is 17.3. The number of ether oxygens (including phenoxy) is 2. The number of para-hydroxylation sites is 2. The number of nitrogens with one attached hydrogen (secondary N) is 1. The van der Waals surface area contributed by atoms with Crippen LogP contribution in [0.3, 0.4) is 0 Å². The third-order valence-electron chi connectivity index (χ3n) is 3.81. The van der Waals surface area contributed by atoms with Crippen LogP contribution >= 0.6 is 0 Å². The second kappa shape index (κ2) is 8.53. The molecule has 0 radical (unpaired) electrons. The van der Waals surface area contributed by atoms with Crippen molar-refractivity contribution >= 4 is 17.5 Å². The summed E-state index contributed by atoms with van der Waals surface area (Å²) in [6.07, 6.45) is 1.04. The summed E-state index contributed by atoms with van der Waals surface area (Å²) in [7, 11) is 1.64. The molecule has 0 aliphatic carbocycles. The molecule has 1 aromatic carbocycles. The van der Waals surface area contributed by atoms with Crippen LogP contribution in [-0.2, 0) is 14.3 Å². The van der Waals surface area contributed by atoms with Crippen LogP contribution in [0.25, 0.3) is 0 Å². The van der Waals surface area contributed by atoms with Gasteiger partial charge in [-0.3, -0.25) is 9.59 Å². The summed E-state index contributed by atoms with van der Waals surface area (Å²) in [5, 5.41) is 2.88. The lowest BCUT2D eigenvalue weighted by molar-refractivity contribution is -0.128. The van der Waals surface area contributed by atoms with Crippen LogP contribution in [0, 0.1) is 5.92 Å². The maximum atomic E-state index is 12.4. The van der Waals surface area contributed by atoms with E-state index in [2.05, 4.69) is 5.32 Å². The van der Waals surface area contributed by atoms with Crippen LogP contribution in [0.2, 0.25) is 0 Å². The van der Waals surface area contributed by atoms with E-state index in [1.165, 1.54) is 0 Å². The highest BCUT2D eigenvalue weighted by Crippen LogP contribution is 2.26. The molecule has 1 unspecified atom stereocenters. The zero-order chi connectivity index (χ0) is 16.7. The molecule has 2 amide bonds. The predicted octanol–water partition coefficient (Wildman–Crippen LogP) is 1.91. The van der Waals surface area contributed by atoms with Gasteiger partial charge in [0.2, 0.25) is 11.8 Å². The van der Waals surface area contributed by atoms with Crippen molar-refractivity contribution in [1.29, 1.82) is 0 Å². The first-order chi connectivity index (χ1) is 11.2. The number of carbonyl (C=O) groups is 2. The zero-order valence-electron chi connectivity index (χ0n) is 13.7. The van der Waals surface area contributed by atoms with E-state index in [-0.39, 0.29) is 24.2 Å². The van der Waals surface area contributed by atoms with Crippen LogP contribution in [0.4, 0.5) is 5.69 Å². The summed E-state index contributed by atoms with van der Waals surface area (Å²) in [6, 6.07) is 7.32. The molecule has 1 aliphatic heterocycles. The summed E-state index contributed by atoms with van der Waals surface area (Å²) in [5.41, 5.74) is 0.643. The van der Waals surface area contributed by atoms with Gasteiger partial charge in [0, 0.05) is 33.2 Å². The lowest BCUT2D eigenvalue weighted by atomic mass is 10.1. The third-order valence-corrected chi connectivity index (χ3v) is 3.81.